The Bertz CT molecular complexity index is 459. The number of sulfone groups is 1. The van der Waals surface area contributed by atoms with Crippen LogP contribution in [0.25, 0.3) is 0 Å². The fraction of sp³-hybridized carbons (Fsp3) is 0.364. The zero-order valence-corrected chi connectivity index (χ0v) is 10.1. The van der Waals surface area contributed by atoms with Crippen molar-refractivity contribution >= 4 is 15.6 Å². The van der Waals surface area contributed by atoms with Crippen LogP contribution in [-0.2, 0) is 9.84 Å². The minimum atomic E-state index is -2.99. The van der Waals surface area contributed by atoms with Crippen LogP contribution in [0.2, 0.25) is 0 Å². The van der Waals surface area contributed by atoms with Crippen molar-refractivity contribution in [3.8, 4) is 5.75 Å². The summed E-state index contributed by atoms with van der Waals surface area (Å²) in [5.74, 6) is 0.540. The summed E-state index contributed by atoms with van der Waals surface area (Å²) in [6, 6.07) is 6.61. The van der Waals surface area contributed by atoms with Crippen LogP contribution < -0.4 is 4.74 Å². The van der Waals surface area contributed by atoms with Crippen molar-refractivity contribution in [3.63, 3.8) is 0 Å². The van der Waals surface area contributed by atoms with Crippen LogP contribution in [-0.4, -0.2) is 32.8 Å². The lowest BCUT2D eigenvalue weighted by Gasteiger charge is -2.05. The lowest BCUT2D eigenvalue weighted by atomic mass is 10.1. The Hall–Kier alpha value is -1.36. The SMILES string of the molecule is CC(=O)c1ccc(OCCS(C)(=O)=O)cc1. The van der Waals surface area contributed by atoms with Gasteiger partial charge < -0.3 is 4.74 Å². The Labute approximate surface area is 95.2 Å². The number of benzene rings is 1. The summed E-state index contributed by atoms with van der Waals surface area (Å²) >= 11 is 0. The van der Waals surface area contributed by atoms with Gasteiger partial charge in [0.25, 0.3) is 0 Å². The van der Waals surface area contributed by atoms with Crippen molar-refractivity contribution in [2.75, 3.05) is 18.6 Å². The molecule has 16 heavy (non-hydrogen) atoms. The first-order valence-corrected chi connectivity index (χ1v) is 6.86. The van der Waals surface area contributed by atoms with Gasteiger partial charge in [0.1, 0.15) is 12.4 Å². The van der Waals surface area contributed by atoms with Gasteiger partial charge in [-0.1, -0.05) is 0 Å². The predicted molar refractivity (Wildman–Crippen MR) is 61.7 cm³/mol. The molecule has 0 bridgehead atoms. The lowest BCUT2D eigenvalue weighted by Crippen LogP contribution is -2.12. The maximum absolute atomic E-state index is 11.0. The highest BCUT2D eigenvalue weighted by atomic mass is 32.2. The van der Waals surface area contributed by atoms with E-state index < -0.39 is 9.84 Å². The standard InChI is InChI=1S/C11H14O4S/c1-9(12)10-3-5-11(6-4-10)15-7-8-16(2,13)14/h3-6H,7-8H2,1-2H3. The summed E-state index contributed by atoms with van der Waals surface area (Å²) in [4.78, 5) is 11.0. The van der Waals surface area contributed by atoms with Crippen LogP contribution in [0.15, 0.2) is 24.3 Å². The maximum Gasteiger partial charge on any atom is 0.159 e. The molecule has 0 unspecified atom stereocenters. The highest BCUT2D eigenvalue weighted by molar-refractivity contribution is 7.90. The zero-order valence-electron chi connectivity index (χ0n) is 9.26. The average molecular weight is 242 g/mol. The van der Waals surface area contributed by atoms with E-state index in [0.29, 0.717) is 11.3 Å². The molecule has 1 aromatic rings. The van der Waals surface area contributed by atoms with Crippen LogP contribution in [0.3, 0.4) is 0 Å². The Morgan fingerprint density at radius 3 is 2.25 bits per heavy atom. The molecule has 88 valence electrons. The largest absolute Gasteiger partial charge is 0.493 e. The van der Waals surface area contributed by atoms with Gasteiger partial charge in [-0.05, 0) is 31.2 Å². The number of carbonyl (C=O) groups excluding carboxylic acids is 1. The molecule has 0 aliphatic rings. The molecule has 1 rings (SSSR count). The Morgan fingerprint density at radius 2 is 1.81 bits per heavy atom. The van der Waals surface area contributed by atoms with E-state index in [4.69, 9.17) is 4.74 Å². The van der Waals surface area contributed by atoms with Gasteiger partial charge in [0, 0.05) is 11.8 Å². The number of ether oxygens (including phenoxy) is 1. The molecule has 0 saturated heterocycles. The highest BCUT2D eigenvalue weighted by Crippen LogP contribution is 2.12. The summed E-state index contributed by atoms with van der Waals surface area (Å²) in [6.45, 7) is 1.61. The second kappa shape index (κ2) is 5.12. The summed E-state index contributed by atoms with van der Waals surface area (Å²) in [7, 11) is -2.99. The number of hydrogen-bond acceptors (Lipinski definition) is 4. The molecular formula is C11H14O4S. The van der Waals surface area contributed by atoms with Gasteiger partial charge >= 0.3 is 0 Å². The molecule has 0 aliphatic carbocycles. The van der Waals surface area contributed by atoms with E-state index in [9.17, 15) is 13.2 Å². The summed E-state index contributed by atoms with van der Waals surface area (Å²) in [5, 5.41) is 0. The lowest BCUT2D eigenvalue weighted by molar-refractivity contribution is 0.101. The molecule has 0 N–H and O–H groups in total. The van der Waals surface area contributed by atoms with Crippen molar-refractivity contribution in [2.45, 2.75) is 6.92 Å². The fourth-order valence-electron chi connectivity index (χ4n) is 1.10. The van der Waals surface area contributed by atoms with Crippen LogP contribution >= 0.6 is 0 Å². The second-order valence-corrected chi connectivity index (χ2v) is 5.82. The van der Waals surface area contributed by atoms with Gasteiger partial charge in [0.15, 0.2) is 15.6 Å². The van der Waals surface area contributed by atoms with E-state index in [1.807, 2.05) is 0 Å². The molecule has 0 heterocycles. The van der Waals surface area contributed by atoms with Crippen LogP contribution in [0.1, 0.15) is 17.3 Å². The van der Waals surface area contributed by atoms with Crippen molar-refractivity contribution in [1.82, 2.24) is 0 Å². The van der Waals surface area contributed by atoms with Gasteiger partial charge in [0.2, 0.25) is 0 Å². The molecule has 0 aromatic heterocycles. The molecule has 0 fully saturated rings. The smallest absolute Gasteiger partial charge is 0.159 e. The number of Topliss-reactive ketones (excluding diaryl/α,β-unsaturated/α-hetero) is 1. The molecule has 0 saturated carbocycles. The van der Waals surface area contributed by atoms with E-state index in [-0.39, 0.29) is 18.1 Å². The van der Waals surface area contributed by atoms with E-state index >= 15 is 0 Å². The van der Waals surface area contributed by atoms with Crippen molar-refractivity contribution in [1.29, 1.82) is 0 Å². The van der Waals surface area contributed by atoms with Gasteiger partial charge in [-0.2, -0.15) is 0 Å². The van der Waals surface area contributed by atoms with Crippen LogP contribution in [0, 0.1) is 0 Å². The minimum absolute atomic E-state index is 0.0114. The molecule has 1 aromatic carbocycles. The third kappa shape index (κ3) is 4.44. The molecule has 4 nitrogen and oxygen atoms in total. The normalized spacial score (nSPS) is 11.1. The third-order valence-electron chi connectivity index (χ3n) is 1.98. The third-order valence-corrected chi connectivity index (χ3v) is 2.89. The van der Waals surface area contributed by atoms with Crippen molar-refractivity contribution < 1.29 is 17.9 Å². The number of carbonyl (C=O) groups is 1. The molecular weight excluding hydrogens is 228 g/mol. The molecule has 0 radical (unpaired) electrons. The fourth-order valence-corrected chi connectivity index (χ4v) is 1.48. The number of ketones is 1. The molecule has 0 atom stereocenters. The van der Waals surface area contributed by atoms with Crippen molar-refractivity contribution in [2.24, 2.45) is 0 Å². The minimum Gasteiger partial charge on any atom is -0.493 e. The topological polar surface area (TPSA) is 60.4 Å². The highest BCUT2D eigenvalue weighted by Gasteiger charge is 2.03. The average Bonchev–Trinajstić information content (AvgIpc) is 2.16. The van der Waals surface area contributed by atoms with Gasteiger partial charge in [-0.3, -0.25) is 4.79 Å². The second-order valence-electron chi connectivity index (χ2n) is 3.56. The molecule has 0 amide bonds. The molecule has 5 heteroatoms. The predicted octanol–water partition coefficient (Wildman–Crippen LogP) is 1.31. The summed E-state index contributed by atoms with van der Waals surface area (Å²) in [6.07, 6.45) is 1.16. The zero-order chi connectivity index (χ0) is 12.2. The Balaban J connectivity index is 2.53. The van der Waals surface area contributed by atoms with Crippen LogP contribution in [0.4, 0.5) is 0 Å². The van der Waals surface area contributed by atoms with E-state index in [0.717, 1.165) is 6.26 Å². The first kappa shape index (κ1) is 12.7. The maximum atomic E-state index is 11.0. The van der Waals surface area contributed by atoms with Crippen molar-refractivity contribution in [3.05, 3.63) is 29.8 Å². The van der Waals surface area contributed by atoms with Crippen LogP contribution in [0.5, 0.6) is 5.75 Å². The first-order chi connectivity index (χ1) is 7.38. The monoisotopic (exact) mass is 242 g/mol. The van der Waals surface area contributed by atoms with E-state index in [1.165, 1.54) is 6.92 Å². The Kier molecular flexibility index (Phi) is 4.06. The van der Waals surface area contributed by atoms with E-state index in [2.05, 4.69) is 0 Å². The summed E-state index contributed by atoms with van der Waals surface area (Å²) in [5.41, 5.74) is 0.607. The number of rotatable bonds is 5. The molecule has 0 aliphatic heterocycles. The van der Waals surface area contributed by atoms with Gasteiger partial charge in [-0.15, -0.1) is 0 Å². The Morgan fingerprint density at radius 1 is 1.25 bits per heavy atom. The summed E-state index contributed by atoms with van der Waals surface area (Å²) < 4.78 is 26.9. The van der Waals surface area contributed by atoms with Gasteiger partial charge in [0.05, 0.1) is 5.75 Å². The van der Waals surface area contributed by atoms with E-state index in [1.54, 1.807) is 24.3 Å². The van der Waals surface area contributed by atoms with Gasteiger partial charge in [-0.25, -0.2) is 8.42 Å². The first-order valence-electron chi connectivity index (χ1n) is 4.80. The number of hydrogen-bond donors (Lipinski definition) is 0. The molecule has 0 spiro atoms. The quantitative estimate of drug-likeness (QED) is 0.730.